The highest BCUT2D eigenvalue weighted by atomic mass is 32.2. The fourth-order valence-electron chi connectivity index (χ4n) is 4.16. The molecule has 7 heteroatoms. The lowest BCUT2D eigenvalue weighted by molar-refractivity contribution is -0.118. The summed E-state index contributed by atoms with van der Waals surface area (Å²) in [6, 6.07) is 14.0. The molecule has 2 unspecified atom stereocenters. The van der Waals surface area contributed by atoms with Crippen molar-refractivity contribution in [1.29, 1.82) is 0 Å². The normalized spacial score (nSPS) is 18.8. The number of carbonyl (C=O) groups excluding carboxylic acids is 2. The highest BCUT2D eigenvalue weighted by Gasteiger charge is 2.21. The maximum atomic E-state index is 12.9. The number of thioether (sulfide) groups is 1. The molecule has 0 aromatic heterocycles. The van der Waals surface area contributed by atoms with E-state index in [4.69, 9.17) is 0 Å². The van der Waals surface area contributed by atoms with E-state index in [1.807, 2.05) is 0 Å². The number of hydrogen-bond donors (Lipinski definition) is 2. The molecule has 1 aliphatic rings. The third kappa shape index (κ3) is 8.28. The standard InChI is InChI=1S/C25H32FN3O2S/c1-18-11-19(2)14-29(13-18)15-21-5-3-20(4-6-21)12-27-24(30)16-32-17-25(31)28-23-9-7-22(26)8-10-23/h3-10,18-19H,11-17H2,1-2H3,(H,27,30)(H,28,31). The average molecular weight is 458 g/mol. The summed E-state index contributed by atoms with van der Waals surface area (Å²) in [5.74, 6) is 1.19. The van der Waals surface area contributed by atoms with E-state index in [2.05, 4.69) is 53.6 Å². The Bertz CT molecular complexity index is 879. The van der Waals surface area contributed by atoms with Gasteiger partial charge in [-0.2, -0.15) is 0 Å². The van der Waals surface area contributed by atoms with Gasteiger partial charge < -0.3 is 10.6 Å². The van der Waals surface area contributed by atoms with Gasteiger partial charge in [-0.05, 0) is 53.6 Å². The lowest BCUT2D eigenvalue weighted by Gasteiger charge is -2.35. The van der Waals surface area contributed by atoms with Gasteiger partial charge in [0, 0.05) is 31.9 Å². The number of hydrogen-bond acceptors (Lipinski definition) is 4. The molecule has 3 rings (SSSR count). The Hall–Kier alpha value is -2.38. The molecule has 2 aromatic carbocycles. The maximum absolute atomic E-state index is 12.9. The number of anilines is 1. The fraction of sp³-hybridized carbons (Fsp3) is 0.440. The lowest BCUT2D eigenvalue weighted by atomic mass is 9.91. The summed E-state index contributed by atoms with van der Waals surface area (Å²) in [6.45, 7) is 8.40. The Morgan fingerprint density at radius 2 is 1.53 bits per heavy atom. The van der Waals surface area contributed by atoms with Crippen LogP contribution in [-0.4, -0.2) is 41.3 Å². The summed E-state index contributed by atoms with van der Waals surface area (Å²) in [7, 11) is 0. The number of rotatable bonds is 9. The number of halogens is 1. The number of piperidine rings is 1. The van der Waals surface area contributed by atoms with Crippen LogP contribution in [-0.2, 0) is 22.7 Å². The molecule has 0 saturated carbocycles. The predicted octanol–water partition coefficient (Wildman–Crippen LogP) is 4.29. The van der Waals surface area contributed by atoms with E-state index in [9.17, 15) is 14.0 Å². The third-order valence-electron chi connectivity index (χ3n) is 5.46. The van der Waals surface area contributed by atoms with E-state index in [0.717, 1.165) is 37.0 Å². The van der Waals surface area contributed by atoms with E-state index in [0.29, 0.717) is 12.2 Å². The highest BCUT2D eigenvalue weighted by Crippen LogP contribution is 2.22. The molecule has 0 spiro atoms. The number of benzene rings is 2. The topological polar surface area (TPSA) is 61.4 Å². The lowest BCUT2D eigenvalue weighted by Crippen LogP contribution is -2.38. The Balaban J connectivity index is 1.33. The van der Waals surface area contributed by atoms with Crippen molar-refractivity contribution < 1.29 is 14.0 Å². The van der Waals surface area contributed by atoms with E-state index >= 15 is 0 Å². The first-order chi connectivity index (χ1) is 15.4. The number of nitrogens with zero attached hydrogens (tertiary/aromatic N) is 1. The highest BCUT2D eigenvalue weighted by molar-refractivity contribution is 8.00. The average Bonchev–Trinajstić information content (AvgIpc) is 2.74. The Kier molecular flexibility index (Phi) is 9.11. The third-order valence-corrected chi connectivity index (χ3v) is 6.39. The number of carbonyl (C=O) groups is 2. The van der Waals surface area contributed by atoms with Gasteiger partial charge >= 0.3 is 0 Å². The molecule has 2 amide bonds. The van der Waals surface area contributed by atoms with Crippen LogP contribution in [0.1, 0.15) is 31.4 Å². The van der Waals surface area contributed by atoms with Gasteiger partial charge in [0.25, 0.3) is 0 Å². The van der Waals surface area contributed by atoms with Crippen LogP contribution in [0.15, 0.2) is 48.5 Å². The first-order valence-electron chi connectivity index (χ1n) is 11.1. The van der Waals surface area contributed by atoms with Crippen molar-refractivity contribution >= 4 is 29.3 Å². The minimum atomic E-state index is -0.352. The summed E-state index contributed by atoms with van der Waals surface area (Å²) < 4.78 is 12.9. The van der Waals surface area contributed by atoms with Crippen molar-refractivity contribution in [1.82, 2.24) is 10.2 Å². The van der Waals surface area contributed by atoms with E-state index in [-0.39, 0.29) is 29.1 Å². The van der Waals surface area contributed by atoms with Crippen LogP contribution < -0.4 is 10.6 Å². The Morgan fingerprint density at radius 3 is 2.19 bits per heavy atom. The molecule has 2 aromatic rings. The summed E-state index contributed by atoms with van der Waals surface area (Å²) in [5, 5.41) is 5.58. The molecule has 1 aliphatic heterocycles. The minimum Gasteiger partial charge on any atom is -0.351 e. The van der Waals surface area contributed by atoms with Gasteiger partial charge in [-0.25, -0.2) is 4.39 Å². The Labute approximate surface area is 194 Å². The monoisotopic (exact) mass is 457 g/mol. The van der Waals surface area contributed by atoms with Gasteiger partial charge in [-0.1, -0.05) is 38.1 Å². The molecule has 1 saturated heterocycles. The summed E-state index contributed by atoms with van der Waals surface area (Å²) in [4.78, 5) is 26.5. The molecule has 2 N–H and O–H groups in total. The van der Waals surface area contributed by atoms with Crippen molar-refractivity contribution in [3.8, 4) is 0 Å². The minimum absolute atomic E-state index is 0.107. The molecule has 1 fully saturated rings. The smallest absolute Gasteiger partial charge is 0.234 e. The van der Waals surface area contributed by atoms with Crippen LogP contribution in [0.4, 0.5) is 10.1 Å². The molecule has 2 atom stereocenters. The van der Waals surface area contributed by atoms with Crippen molar-refractivity contribution in [2.45, 2.75) is 33.4 Å². The van der Waals surface area contributed by atoms with Gasteiger partial charge in [0.2, 0.25) is 11.8 Å². The molecule has 0 bridgehead atoms. The van der Waals surface area contributed by atoms with Crippen LogP contribution in [0.5, 0.6) is 0 Å². The predicted molar refractivity (Wildman–Crippen MR) is 129 cm³/mol. The van der Waals surface area contributed by atoms with Gasteiger partial charge in [0.1, 0.15) is 5.82 Å². The zero-order valence-electron chi connectivity index (χ0n) is 18.8. The molecule has 5 nitrogen and oxygen atoms in total. The van der Waals surface area contributed by atoms with Gasteiger partial charge in [0.15, 0.2) is 0 Å². The van der Waals surface area contributed by atoms with E-state index < -0.39 is 0 Å². The van der Waals surface area contributed by atoms with Crippen LogP contribution in [0, 0.1) is 17.7 Å². The summed E-state index contributed by atoms with van der Waals surface area (Å²) in [5.41, 5.74) is 2.89. The number of nitrogens with one attached hydrogen (secondary N) is 2. The summed E-state index contributed by atoms with van der Waals surface area (Å²) in [6.07, 6.45) is 1.31. The van der Waals surface area contributed by atoms with E-state index in [1.165, 1.54) is 48.0 Å². The largest absolute Gasteiger partial charge is 0.351 e. The Morgan fingerprint density at radius 1 is 0.938 bits per heavy atom. The maximum Gasteiger partial charge on any atom is 0.234 e. The van der Waals surface area contributed by atoms with Gasteiger partial charge in [-0.15, -0.1) is 11.8 Å². The summed E-state index contributed by atoms with van der Waals surface area (Å²) >= 11 is 1.25. The molecule has 1 heterocycles. The molecular weight excluding hydrogens is 425 g/mol. The van der Waals surface area contributed by atoms with Crippen molar-refractivity contribution in [3.63, 3.8) is 0 Å². The molecule has 0 aliphatic carbocycles. The SMILES string of the molecule is CC1CC(C)CN(Cc2ccc(CNC(=O)CSCC(=O)Nc3ccc(F)cc3)cc2)C1. The van der Waals surface area contributed by atoms with Crippen LogP contribution in [0.2, 0.25) is 0 Å². The zero-order valence-corrected chi connectivity index (χ0v) is 19.6. The fourth-order valence-corrected chi connectivity index (χ4v) is 4.81. The quantitative estimate of drug-likeness (QED) is 0.590. The van der Waals surface area contributed by atoms with Crippen molar-refractivity contribution in [2.75, 3.05) is 29.9 Å². The zero-order chi connectivity index (χ0) is 22.9. The van der Waals surface area contributed by atoms with E-state index in [1.54, 1.807) is 0 Å². The second kappa shape index (κ2) is 12.0. The second-order valence-corrected chi connectivity index (χ2v) is 9.77. The van der Waals surface area contributed by atoms with Crippen LogP contribution >= 0.6 is 11.8 Å². The molecule has 0 radical (unpaired) electrons. The number of amides is 2. The van der Waals surface area contributed by atoms with Gasteiger partial charge in [0.05, 0.1) is 11.5 Å². The first-order valence-corrected chi connectivity index (χ1v) is 12.2. The first kappa shape index (κ1) is 24.3. The number of likely N-dealkylation sites (tertiary alicyclic amines) is 1. The molecular formula is C25H32FN3O2S. The van der Waals surface area contributed by atoms with Crippen molar-refractivity contribution in [3.05, 3.63) is 65.5 Å². The van der Waals surface area contributed by atoms with Crippen LogP contribution in [0.3, 0.4) is 0 Å². The van der Waals surface area contributed by atoms with Gasteiger partial charge in [-0.3, -0.25) is 14.5 Å². The molecule has 32 heavy (non-hydrogen) atoms. The van der Waals surface area contributed by atoms with Crippen molar-refractivity contribution in [2.24, 2.45) is 11.8 Å². The van der Waals surface area contributed by atoms with Crippen LogP contribution in [0.25, 0.3) is 0 Å². The second-order valence-electron chi connectivity index (χ2n) is 8.78. The molecule has 172 valence electrons.